The lowest BCUT2D eigenvalue weighted by Gasteiger charge is -2.10. The second-order valence-corrected chi connectivity index (χ2v) is 7.42. The number of benzene rings is 2. The number of furan rings is 1. The Morgan fingerprint density at radius 1 is 1.11 bits per heavy atom. The lowest BCUT2D eigenvalue weighted by molar-refractivity contribution is -0.127. The second-order valence-electron chi connectivity index (χ2n) is 6.39. The van der Waals surface area contributed by atoms with Gasteiger partial charge in [0.15, 0.2) is 16.9 Å². The molecule has 0 spiro atoms. The normalized spacial score (nSPS) is 15.5. The molecular formula is C21H16N2O3S. The molecule has 0 bridgehead atoms. The first kappa shape index (κ1) is 16.1. The van der Waals surface area contributed by atoms with Gasteiger partial charge >= 0.3 is 0 Å². The lowest BCUT2D eigenvalue weighted by atomic mass is 10.1. The van der Waals surface area contributed by atoms with Crippen molar-refractivity contribution < 1.29 is 13.9 Å². The highest BCUT2D eigenvalue weighted by atomic mass is 32.1. The van der Waals surface area contributed by atoms with Crippen LogP contribution in [0.4, 0.5) is 0 Å². The summed E-state index contributed by atoms with van der Waals surface area (Å²) >= 11 is 1.59. The molecule has 1 aliphatic rings. The number of carbonyl (C=O) groups excluding carboxylic acids is 1. The van der Waals surface area contributed by atoms with Crippen LogP contribution in [-0.4, -0.2) is 17.0 Å². The van der Waals surface area contributed by atoms with E-state index in [1.54, 1.807) is 11.3 Å². The predicted molar refractivity (Wildman–Crippen MR) is 104 cm³/mol. The molecule has 0 saturated heterocycles. The van der Waals surface area contributed by atoms with Crippen molar-refractivity contribution in [3.63, 3.8) is 0 Å². The third kappa shape index (κ3) is 3.08. The Kier molecular flexibility index (Phi) is 3.90. The van der Waals surface area contributed by atoms with Crippen molar-refractivity contribution in [3.8, 4) is 16.5 Å². The minimum absolute atomic E-state index is 0.135. The number of carbonyl (C=O) groups is 1. The molecule has 5 nitrogen and oxygen atoms in total. The number of fused-ring (bicyclic) bond motifs is 2. The third-order valence-corrected chi connectivity index (χ3v) is 5.59. The number of nitrogens with zero attached hydrogens (tertiary/aromatic N) is 1. The van der Waals surface area contributed by atoms with Crippen LogP contribution in [0.5, 0.6) is 5.75 Å². The summed E-state index contributed by atoms with van der Waals surface area (Å²) in [5, 5.41) is 3.73. The number of hydrogen-bond donors (Lipinski definition) is 1. The molecule has 1 atom stereocenters. The van der Waals surface area contributed by atoms with Gasteiger partial charge in [0.05, 0.1) is 16.8 Å². The van der Waals surface area contributed by atoms with E-state index in [0.717, 1.165) is 26.5 Å². The predicted octanol–water partition coefficient (Wildman–Crippen LogP) is 4.18. The van der Waals surface area contributed by atoms with Crippen LogP contribution >= 0.6 is 11.3 Å². The molecule has 0 saturated carbocycles. The summed E-state index contributed by atoms with van der Waals surface area (Å²) in [6.45, 7) is 0.319. The summed E-state index contributed by atoms with van der Waals surface area (Å²) < 4.78 is 12.7. The van der Waals surface area contributed by atoms with Gasteiger partial charge in [0.2, 0.25) is 0 Å². The Bertz CT molecular complexity index is 1070. The highest BCUT2D eigenvalue weighted by Crippen LogP contribution is 2.31. The minimum atomic E-state index is -0.485. The van der Waals surface area contributed by atoms with E-state index >= 15 is 0 Å². The van der Waals surface area contributed by atoms with E-state index < -0.39 is 6.10 Å². The van der Waals surface area contributed by atoms with E-state index in [-0.39, 0.29) is 5.91 Å². The molecule has 3 heterocycles. The summed E-state index contributed by atoms with van der Waals surface area (Å²) in [7, 11) is 0. The van der Waals surface area contributed by atoms with Crippen LogP contribution < -0.4 is 10.1 Å². The van der Waals surface area contributed by atoms with Gasteiger partial charge in [0, 0.05) is 6.42 Å². The molecule has 5 rings (SSSR count). The van der Waals surface area contributed by atoms with Crippen molar-refractivity contribution in [2.24, 2.45) is 0 Å². The van der Waals surface area contributed by atoms with Crippen LogP contribution in [0.2, 0.25) is 0 Å². The molecule has 1 amide bonds. The first-order chi connectivity index (χ1) is 13.3. The van der Waals surface area contributed by atoms with Gasteiger partial charge < -0.3 is 14.5 Å². The van der Waals surface area contributed by atoms with Crippen molar-refractivity contribution in [2.45, 2.75) is 19.1 Å². The molecule has 0 radical (unpaired) electrons. The van der Waals surface area contributed by atoms with Gasteiger partial charge in [0.1, 0.15) is 11.5 Å². The van der Waals surface area contributed by atoms with Gasteiger partial charge in [-0.2, -0.15) is 0 Å². The lowest BCUT2D eigenvalue weighted by Crippen LogP contribution is -2.36. The zero-order chi connectivity index (χ0) is 18.2. The average Bonchev–Trinajstić information content (AvgIpc) is 3.42. The van der Waals surface area contributed by atoms with E-state index in [9.17, 15) is 4.79 Å². The number of nitrogens with one attached hydrogen (secondary N) is 1. The van der Waals surface area contributed by atoms with Gasteiger partial charge in [-0.05, 0) is 35.9 Å². The number of thiazole rings is 1. The SMILES string of the molecule is O=C(NCc1ccc(-c2nc3ccccc3s2)o1)[C@H]1Cc2ccccc2O1. The summed E-state index contributed by atoms with van der Waals surface area (Å²) in [5.74, 6) is 2.05. The number of amides is 1. The Morgan fingerprint density at radius 2 is 1.96 bits per heavy atom. The van der Waals surface area contributed by atoms with Crippen LogP contribution in [0.25, 0.3) is 21.0 Å². The molecular weight excluding hydrogens is 360 g/mol. The molecule has 2 aromatic heterocycles. The quantitative estimate of drug-likeness (QED) is 0.580. The third-order valence-electron chi connectivity index (χ3n) is 4.54. The monoisotopic (exact) mass is 376 g/mol. The fraction of sp³-hybridized carbons (Fsp3) is 0.143. The standard InChI is InChI=1S/C21H16N2O3S/c24-20(18-11-13-5-1-3-7-16(13)26-18)22-12-14-9-10-17(25-14)21-23-15-6-2-4-8-19(15)27-21/h1-10,18H,11-12H2,(H,22,24)/t18-/m1/s1. The smallest absolute Gasteiger partial charge is 0.261 e. The zero-order valence-electron chi connectivity index (χ0n) is 14.3. The van der Waals surface area contributed by atoms with Crippen LogP contribution in [0.15, 0.2) is 65.1 Å². The minimum Gasteiger partial charge on any atom is -0.480 e. The summed E-state index contributed by atoms with van der Waals surface area (Å²) in [5.41, 5.74) is 2.02. The maximum atomic E-state index is 12.4. The molecule has 134 valence electrons. The number of rotatable bonds is 4. The maximum Gasteiger partial charge on any atom is 0.261 e. The fourth-order valence-electron chi connectivity index (χ4n) is 3.18. The van der Waals surface area contributed by atoms with Crippen LogP contribution in [-0.2, 0) is 17.8 Å². The number of para-hydroxylation sites is 2. The van der Waals surface area contributed by atoms with E-state index in [4.69, 9.17) is 9.15 Å². The van der Waals surface area contributed by atoms with Gasteiger partial charge in [-0.3, -0.25) is 4.79 Å². The van der Waals surface area contributed by atoms with E-state index in [2.05, 4.69) is 10.3 Å². The van der Waals surface area contributed by atoms with Crippen molar-refractivity contribution >= 4 is 27.5 Å². The molecule has 2 aromatic carbocycles. The van der Waals surface area contributed by atoms with Crippen molar-refractivity contribution in [1.82, 2.24) is 10.3 Å². The molecule has 0 fully saturated rings. The molecule has 1 N–H and O–H groups in total. The highest BCUT2D eigenvalue weighted by molar-refractivity contribution is 7.21. The Labute approximate surface area is 159 Å². The molecule has 0 aliphatic carbocycles. The van der Waals surface area contributed by atoms with E-state index in [0.29, 0.717) is 24.5 Å². The number of hydrogen-bond acceptors (Lipinski definition) is 5. The largest absolute Gasteiger partial charge is 0.480 e. The van der Waals surface area contributed by atoms with Crippen molar-refractivity contribution in [2.75, 3.05) is 0 Å². The molecule has 4 aromatic rings. The van der Waals surface area contributed by atoms with Crippen molar-refractivity contribution in [3.05, 3.63) is 72.0 Å². The Balaban J connectivity index is 1.24. The molecule has 0 unspecified atom stereocenters. The van der Waals surface area contributed by atoms with Gasteiger partial charge in [-0.25, -0.2) is 4.98 Å². The second kappa shape index (κ2) is 6.55. The van der Waals surface area contributed by atoms with Gasteiger partial charge in [-0.15, -0.1) is 11.3 Å². The fourth-order valence-corrected chi connectivity index (χ4v) is 4.11. The maximum absolute atomic E-state index is 12.4. The van der Waals surface area contributed by atoms with Gasteiger partial charge in [0.25, 0.3) is 5.91 Å². The first-order valence-corrected chi connectivity index (χ1v) is 9.55. The molecule has 27 heavy (non-hydrogen) atoms. The highest BCUT2D eigenvalue weighted by Gasteiger charge is 2.28. The summed E-state index contributed by atoms with van der Waals surface area (Å²) in [6.07, 6.45) is 0.109. The van der Waals surface area contributed by atoms with Crippen molar-refractivity contribution in [1.29, 1.82) is 0 Å². The number of ether oxygens (including phenoxy) is 1. The van der Waals surface area contributed by atoms with E-state index in [1.165, 1.54) is 0 Å². The van der Waals surface area contributed by atoms with Crippen LogP contribution in [0, 0.1) is 0 Å². The Morgan fingerprint density at radius 3 is 2.85 bits per heavy atom. The van der Waals surface area contributed by atoms with Crippen LogP contribution in [0.3, 0.4) is 0 Å². The molecule has 1 aliphatic heterocycles. The molecule has 6 heteroatoms. The number of aromatic nitrogens is 1. The topological polar surface area (TPSA) is 64.4 Å². The van der Waals surface area contributed by atoms with Crippen LogP contribution in [0.1, 0.15) is 11.3 Å². The first-order valence-electron chi connectivity index (χ1n) is 8.73. The average molecular weight is 376 g/mol. The summed E-state index contributed by atoms with van der Waals surface area (Å²) in [4.78, 5) is 17.0. The summed E-state index contributed by atoms with van der Waals surface area (Å²) in [6, 6.07) is 19.5. The van der Waals surface area contributed by atoms with E-state index in [1.807, 2.05) is 60.7 Å². The Hall–Kier alpha value is -3.12. The van der Waals surface area contributed by atoms with Gasteiger partial charge in [-0.1, -0.05) is 30.3 Å². The zero-order valence-corrected chi connectivity index (χ0v) is 15.2.